The average Bonchev–Trinajstić information content (AvgIpc) is 3.09. The van der Waals surface area contributed by atoms with Crippen molar-refractivity contribution in [3.05, 3.63) is 59.7 Å². The van der Waals surface area contributed by atoms with Crippen LogP contribution in [0.1, 0.15) is 44.1 Å². The maximum atomic E-state index is 11.2. The minimum absolute atomic E-state index is 0.693. The van der Waals surface area contributed by atoms with Gasteiger partial charge in [-0.1, -0.05) is 66.8 Å². The molecule has 114 valence electrons. The first-order valence-electron chi connectivity index (χ1n) is 8.03. The fourth-order valence-electron chi connectivity index (χ4n) is 3.20. The molecule has 0 aromatic heterocycles. The first-order chi connectivity index (χ1) is 10.6. The summed E-state index contributed by atoms with van der Waals surface area (Å²) in [5, 5.41) is 21.8. The molecular weight excluding hydrogens is 272 g/mol. The lowest BCUT2D eigenvalue weighted by molar-refractivity contribution is 0.0594. The van der Waals surface area contributed by atoms with Gasteiger partial charge in [0.05, 0.1) is 0 Å². The predicted molar refractivity (Wildman–Crippen MR) is 88.0 cm³/mol. The van der Waals surface area contributed by atoms with Crippen molar-refractivity contribution in [2.75, 3.05) is 0 Å². The highest BCUT2D eigenvalue weighted by Crippen LogP contribution is 2.35. The molecule has 0 radical (unpaired) electrons. The Labute approximate surface area is 132 Å². The van der Waals surface area contributed by atoms with E-state index in [1.165, 1.54) is 0 Å². The van der Waals surface area contributed by atoms with Gasteiger partial charge in [0.1, 0.15) is 5.60 Å². The van der Waals surface area contributed by atoms with E-state index in [1.54, 1.807) is 0 Å². The number of benzene rings is 1. The van der Waals surface area contributed by atoms with Crippen LogP contribution in [0.2, 0.25) is 0 Å². The third kappa shape index (κ3) is 3.02. The highest BCUT2D eigenvalue weighted by Gasteiger charge is 2.34. The van der Waals surface area contributed by atoms with Crippen LogP contribution in [-0.2, 0) is 5.60 Å². The third-order valence-electron chi connectivity index (χ3n) is 4.58. The molecule has 1 aromatic rings. The lowest BCUT2D eigenvalue weighted by Gasteiger charge is -2.29. The lowest BCUT2D eigenvalue weighted by Crippen LogP contribution is -2.32. The minimum Gasteiger partial charge on any atom is -0.378 e. The van der Waals surface area contributed by atoms with Crippen molar-refractivity contribution in [2.24, 2.45) is 0 Å². The summed E-state index contributed by atoms with van der Waals surface area (Å²) >= 11 is 0. The zero-order valence-corrected chi connectivity index (χ0v) is 12.8. The zero-order chi connectivity index (χ0) is 15.5. The number of aliphatic hydroxyl groups is 2. The van der Waals surface area contributed by atoms with E-state index in [1.807, 2.05) is 48.6 Å². The molecule has 1 fully saturated rings. The molecule has 0 spiro atoms. The first-order valence-corrected chi connectivity index (χ1v) is 8.03. The maximum absolute atomic E-state index is 11.2. The van der Waals surface area contributed by atoms with E-state index in [9.17, 15) is 10.2 Å². The van der Waals surface area contributed by atoms with Crippen molar-refractivity contribution < 1.29 is 10.2 Å². The van der Waals surface area contributed by atoms with E-state index in [0.29, 0.717) is 19.3 Å². The fraction of sp³-hybridized carbons (Fsp3) is 0.400. The smallest absolute Gasteiger partial charge is 0.173 e. The predicted octanol–water partition coefficient (Wildman–Crippen LogP) is 3.46. The van der Waals surface area contributed by atoms with Gasteiger partial charge in [0.15, 0.2) is 5.60 Å². The van der Waals surface area contributed by atoms with Crippen LogP contribution < -0.4 is 0 Å². The maximum Gasteiger partial charge on any atom is 0.173 e. The van der Waals surface area contributed by atoms with Crippen molar-refractivity contribution in [2.45, 2.75) is 49.7 Å². The Kier molecular flexibility index (Phi) is 4.20. The number of hydrogen-bond donors (Lipinski definition) is 2. The molecule has 22 heavy (non-hydrogen) atoms. The van der Waals surface area contributed by atoms with Gasteiger partial charge in [0.25, 0.3) is 0 Å². The first kappa shape index (κ1) is 15.1. The Morgan fingerprint density at radius 2 is 1.77 bits per heavy atom. The van der Waals surface area contributed by atoms with Crippen LogP contribution >= 0.6 is 0 Å². The van der Waals surface area contributed by atoms with Crippen molar-refractivity contribution in [3.8, 4) is 11.8 Å². The monoisotopic (exact) mass is 294 g/mol. The van der Waals surface area contributed by atoms with E-state index in [0.717, 1.165) is 30.4 Å². The summed E-state index contributed by atoms with van der Waals surface area (Å²) < 4.78 is 0. The summed E-state index contributed by atoms with van der Waals surface area (Å²) in [6, 6.07) is 9.51. The van der Waals surface area contributed by atoms with Gasteiger partial charge in [0, 0.05) is 5.56 Å². The molecule has 1 atom stereocenters. The van der Waals surface area contributed by atoms with Gasteiger partial charge >= 0.3 is 0 Å². The summed E-state index contributed by atoms with van der Waals surface area (Å²) in [4.78, 5) is 0. The van der Waals surface area contributed by atoms with Gasteiger partial charge in [-0.2, -0.15) is 0 Å². The molecule has 0 bridgehead atoms. The minimum atomic E-state index is -1.32. The molecule has 2 aliphatic rings. The zero-order valence-electron chi connectivity index (χ0n) is 12.8. The molecule has 2 aliphatic carbocycles. The molecule has 2 nitrogen and oxygen atoms in total. The van der Waals surface area contributed by atoms with Gasteiger partial charge in [-0.25, -0.2) is 0 Å². The Hall–Kier alpha value is -1.82. The van der Waals surface area contributed by atoms with E-state index in [-0.39, 0.29) is 0 Å². The van der Waals surface area contributed by atoms with Gasteiger partial charge in [-0.15, -0.1) is 0 Å². The number of allylic oxidation sites excluding steroid dienone is 3. The highest BCUT2D eigenvalue weighted by atomic mass is 16.3. The van der Waals surface area contributed by atoms with Crippen LogP contribution in [0.25, 0.3) is 0 Å². The van der Waals surface area contributed by atoms with Crippen molar-refractivity contribution in [1.29, 1.82) is 0 Å². The second kappa shape index (κ2) is 6.12. The van der Waals surface area contributed by atoms with Gasteiger partial charge < -0.3 is 10.2 Å². The SMILES string of the molecule is OC1(C#CC(O)(C2=CC=CC2)c2ccccc2)CCCCC1. The molecule has 0 heterocycles. The molecule has 3 rings (SSSR count). The van der Waals surface area contributed by atoms with E-state index in [2.05, 4.69) is 11.8 Å². The quantitative estimate of drug-likeness (QED) is 0.820. The van der Waals surface area contributed by atoms with Crippen LogP contribution in [0.4, 0.5) is 0 Å². The van der Waals surface area contributed by atoms with Gasteiger partial charge in [0.2, 0.25) is 0 Å². The molecule has 2 heteroatoms. The van der Waals surface area contributed by atoms with Crippen molar-refractivity contribution >= 4 is 0 Å². The molecule has 1 saturated carbocycles. The van der Waals surface area contributed by atoms with E-state index >= 15 is 0 Å². The molecule has 2 N–H and O–H groups in total. The normalized spacial score (nSPS) is 22.4. The molecular formula is C20H22O2. The lowest BCUT2D eigenvalue weighted by atomic mass is 9.82. The third-order valence-corrected chi connectivity index (χ3v) is 4.58. The molecule has 0 saturated heterocycles. The standard InChI is InChI=1S/C20H22O2/c21-19(13-7-2-8-14-19)15-16-20(22,18-11-5-6-12-18)17-9-3-1-4-10-17/h1,3-6,9-11,21-22H,2,7-8,12-14H2. The Balaban J connectivity index is 1.97. The van der Waals surface area contributed by atoms with Gasteiger partial charge in [-0.3, -0.25) is 0 Å². The number of rotatable bonds is 2. The Morgan fingerprint density at radius 1 is 1.05 bits per heavy atom. The van der Waals surface area contributed by atoms with E-state index in [4.69, 9.17) is 0 Å². The molecule has 1 unspecified atom stereocenters. The average molecular weight is 294 g/mol. The summed E-state index contributed by atoms with van der Waals surface area (Å²) in [6.07, 6.45) is 11.1. The van der Waals surface area contributed by atoms with Crippen LogP contribution in [0.15, 0.2) is 54.1 Å². The van der Waals surface area contributed by atoms with Crippen molar-refractivity contribution in [3.63, 3.8) is 0 Å². The Bertz CT molecular complexity index is 639. The van der Waals surface area contributed by atoms with Crippen LogP contribution in [0, 0.1) is 11.8 Å². The highest BCUT2D eigenvalue weighted by molar-refractivity contribution is 5.46. The number of hydrogen-bond acceptors (Lipinski definition) is 2. The van der Waals surface area contributed by atoms with E-state index < -0.39 is 11.2 Å². The summed E-state index contributed by atoms with van der Waals surface area (Å²) in [5.74, 6) is 6.01. The van der Waals surface area contributed by atoms with Crippen molar-refractivity contribution in [1.82, 2.24) is 0 Å². The molecule has 0 amide bonds. The molecule has 1 aromatic carbocycles. The summed E-state index contributed by atoms with van der Waals surface area (Å²) in [7, 11) is 0. The topological polar surface area (TPSA) is 40.5 Å². The summed E-state index contributed by atoms with van der Waals surface area (Å²) in [5.41, 5.74) is -0.645. The second-order valence-electron chi connectivity index (χ2n) is 6.24. The van der Waals surface area contributed by atoms with Crippen LogP contribution in [0.5, 0.6) is 0 Å². The van der Waals surface area contributed by atoms with Gasteiger partial charge in [-0.05, 0) is 37.7 Å². The summed E-state index contributed by atoms with van der Waals surface area (Å²) in [6.45, 7) is 0. The molecule has 0 aliphatic heterocycles. The Morgan fingerprint density at radius 3 is 2.41 bits per heavy atom. The second-order valence-corrected chi connectivity index (χ2v) is 6.24. The fourth-order valence-corrected chi connectivity index (χ4v) is 3.20. The van der Waals surface area contributed by atoms with Crippen LogP contribution in [-0.4, -0.2) is 15.8 Å². The van der Waals surface area contributed by atoms with Crippen LogP contribution in [0.3, 0.4) is 0 Å². The largest absolute Gasteiger partial charge is 0.378 e.